The lowest BCUT2D eigenvalue weighted by atomic mass is 9.93. The van der Waals surface area contributed by atoms with Crippen molar-refractivity contribution in [2.45, 2.75) is 30.7 Å². The molecule has 1 aromatic rings. The Labute approximate surface area is 143 Å². The maximum absolute atomic E-state index is 12.7. The van der Waals surface area contributed by atoms with Crippen molar-refractivity contribution < 1.29 is 13.2 Å². The average molecular weight is 352 g/mol. The van der Waals surface area contributed by atoms with Gasteiger partial charge in [-0.25, -0.2) is 13.4 Å². The Hall–Kier alpha value is -1.67. The number of aromatic nitrogens is 2. The van der Waals surface area contributed by atoms with Crippen LogP contribution >= 0.6 is 0 Å². The molecule has 0 saturated carbocycles. The highest BCUT2D eigenvalue weighted by Crippen LogP contribution is 2.22. The van der Waals surface area contributed by atoms with Crippen LogP contribution in [0.15, 0.2) is 29.7 Å². The summed E-state index contributed by atoms with van der Waals surface area (Å²) in [4.78, 5) is 18.4. The highest BCUT2D eigenvalue weighted by molar-refractivity contribution is 7.89. The maximum Gasteiger partial charge on any atom is 0.262 e. The Kier molecular flexibility index (Phi) is 5.05. The predicted octanol–water partition coefficient (Wildman–Crippen LogP) is 0.999. The molecule has 7 nitrogen and oxygen atoms in total. The van der Waals surface area contributed by atoms with Gasteiger partial charge in [-0.05, 0) is 25.7 Å². The molecule has 2 aliphatic rings. The fraction of sp³-hybridized carbons (Fsp3) is 0.625. The molecule has 1 aromatic heterocycles. The third kappa shape index (κ3) is 3.54. The van der Waals surface area contributed by atoms with E-state index >= 15 is 0 Å². The van der Waals surface area contributed by atoms with Crippen LogP contribution in [0.1, 0.15) is 25.7 Å². The summed E-state index contributed by atoms with van der Waals surface area (Å²) in [6.45, 7) is 1.82. The summed E-state index contributed by atoms with van der Waals surface area (Å²) in [6.07, 6.45) is 10.5. The van der Waals surface area contributed by atoms with Crippen LogP contribution in [0.2, 0.25) is 0 Å². The summed E-state index contributed by atoms with van der Waals surface area (Å²) in [7, 11) is -1.84. The summed E-state index contributed by atoms with van der Waals surface area (Å²) >= 11 is 0. The Morgan fingerprint density at radius 1 is 1.21 bits per heavy atom. The standard InChI is InChI=1S/C16H24N4O3S/c1-18-12-15(17-13-18)24(22,23)20-9-5-8-19(10-11-20)16(21)14-6-3-2-4-7-14/h2-3,12-14H,4-11H2,1H3. The summed E-state index contributed by atoms with van der Waals surface area (Å²) < 4.78 is 28.4. The molecule has 1 aliphatic heterocycles. The van der Waals surface area contributed by atoms with Crippen molar-refractivity contribution in [3.63, 3.8) is 0 Å². The number of amides is 1. The molecule has 1 atom stereocenters. The van der Waals surface area contributed by atoms with Crippen LogP contribution in [0.5, 0.6) is 0 Å². The van der Waals surface area contributed by atoms with E-state index in [-0.39, 0.29) is 16.9 Å². The minimum atomic E-state index is -3.59. The molecule has 132 valence electrons. The number of carbonyl (C=O) groups excluding carboxylic acids is 1. The Morgan fingerprint density at radius 2 is 2.04 bits per heavy atom. The topological polar surface area (TPSA) is 75.5 Å². The van der Waals surface area contributed by atoms with Gasteiger partial charge in [0, 0.05) is 45.3 Å². The van der Waals surface area contributed by atoms with Gasteiger partial charge in [-0.2, -0.15) is 4.31 Å². The molecule has 0 spiro atoms. The number of carbonyl (C=O) groups is 1. The van der Waals surface area contributed by atoms with Crippen LogP contribution in [-0.4, -0.2) is 59.3 Å². The van der Waals surface area contributed by atoms with Crippen molar-refractivity contribution in [3.8, 4) is 0 Å². The van der Waals surface area contributed by atoms with E-state index in [0.717, 1.165) is 19.3 Å². The van der Waals surface area contributed by atoms with Gasteiger partial charge in [-0.3, -0.25) is 4.79 Å². The Bertz CT molecular complexity index is 725. The molecule has 8 heteroatoms. The fourth-order valence-corrected chi connectivity index (χ4v) is 4.72. The van der Waals surface area contributed by atoms with Gasteiger partial charge in [0.05, 0.1) is 6.33 Å². The summed E-state index contributed by atoms with van der Waals surface area (Å²) in [5, 5.41) is 0.0715. The van der Waals surface area contributed by atoms with E-state index < -0.39 is 10.0 Å². The summed E-state index contributed by atoms with van der Waals surface area (Å²) in [5.74, 6) is 0.213. The largest absolute Gasteiger partial charge is 0.341 e. The Balaban J connectivity index is 1.66. The first-order chi connectivity index (χ1) is 11.5. The van der Waals surface area contributed by atoms with Crippen LogP contribution in [0, 0.1) is 5.92 Å². The third-order valence-electron chi connectivity index (χ3n) is 4.67. The summed E-state index contributed by atoms with van der Waals surface area (Å²) in [6, 6.07) is 0. The molecule has 24 heavy (non-hydrogen) atoms. The smallest absolute Gasteiger partial charge is 0.262 e. The SMILES string of the molecule is Cn1cnc(S(=O)(=O)N2CCCN(C(=O)C3CC=CCC3)CC2)c1. The molecule has 3 rings (SSSR count). The highest BCUT2D eigenvalue weighted by Gasteiger charge is 2.31. The highest BCUT2D eigenvalue weighted by atomic mass is 32.2. The van der Waals surface area contributed by atoms with Crippen LogP contribution in [0.3, 0.4) is 0 Å². The lowest BCUT2D eigenvalue weighted by Gasteiger charge is -2.26. The normalized spacial score (nSPS) is 23.2. The molecular formula is C16H24N4O3S. The van der Waals surface area contributed by atoms with Crippen molar-refractivity contribution in [2.24, 2.45) is 13.0 Å². The van der Waals surface area contributed by atoms with Crippen LogP contribution in [0.25, 0.3) is 0 Å². The maximum atomic E-state index is 12.7. The van der Waals surface area contributed by atoms with Crippen LogP contribution in [0.4, 0.5) is 0 Å². The Morgan fingerprint density at radius 3 is 2.71 bits per heavy atom. The average Bonchev–Trinajstić information content (AvgIpc) is 2.88. The van der Waals surface area contributed by atoms with Crippen molar-refractivity contribution in [3.05, 3.63) is 24.7 Å². The lowest BCUT2D eigenvalue weighted by molar-refractivity contribution is -0.135. The van der Waals surface area contributed by atoms with E-state index in [0.29, 0.717) is 32.6 Å². The van der Waals surface area contributed by atoms with Crippen molar-refractivity contribution in [1.29, 1.82) is 0 Å². The molecule has 2 heterocycles. The zero-order valence-electron chi connectivity index (χ0n) is 14.0. The number of sulfonamides is 1. The molecule has 1 fully saturated rings. The fourth-order valence-electron chi connectivity index (χ4n) is 3.28. The number of rotatable bonds is 3. The zero-order valence-corrected chi connectivity index (χ0v) is 14.8. The van der Waals surface area contributed by atoms with Crippen LogP contribution in [-0.2, 0) is 21.9 Å². The number of hydrogen-bond acceptors (Lipinski definition) is 4. The van der Waals surface area contributed by atoms with Gasteiger partial charge >= 0.3 is 0 Å². The second kappa shape index (κ2) is 7.06. The first kappa shape index (κ1) is 17.2. The second-order valence-corrected chi connectivity index (χ2v) is 8.33. The van der Waals surface area contributed by atoms with Gasteiger partial charge in [0.15, 0.2) is 5.03 Å². The van der Waals surface area contributed by atoms with Crippen molar-refractivity contribution >= 4 is 15.9 Å². The number of imidazole rings is 1. The number of aryl methyl sites for hydroxylation is 1. The second-order valence-electron chi connectivity index (χ2n) is 6.44. The van der Waals surface area contributed by atoms with E-state index in [1.54, 1.807) is 11.6 Å². The molecule has 0 bridgehead atoms. The van der Waals surface area contributed by atoms with E-state index in [1.807, 2.05) is 4.90 Å². The molecular weight excluding hydrogens is 328 g/mol. The molecule has 0 radical (unpaired) electrons. The van der Waals surface area contributed by atoms with Crippen molar-refractivity contribution in [2.75, 3.05) is 26.2 Å². The quantitative estimate of drug-likeness (QED) is 0.761. The number of nitrogens with zero attached hydrogens (tertiary/aromatic N) is 4. The molecule has 0 N–H and O–H groups in total. The van der Waals surface area contributed by atoms with Gasteiger partial charge in [-0.15, -0.1) is 0 Å². The molecule has 1 saturated heterocycles. The molecule has 0 aromatic carbocycles. The monoisotopic (exact) mass is 352 g/mol. The van der Waals surface area contributed by atoms with E-state index in [9.17, 15) is 13.2 Å². The zero-order chi connectivity index (χ0) is 17.2. The van der Waals surface area contributed by atoms with Gasteiger partial charge in [0.1, 0.15) is 0 Å². The van der Waals surface area contributed by atoms with Crippen LogP contribution < -0.4 is 0 Å². The van der Waals surface area contributed by atoms with Gasteiger partial charge in [0.2, 0.25) is 5.91 Å². The summed E-state index contributed by atoms with van der Waals surface area (Å²) in [5.41, 5.74) is 0. The van der Waals surface area contributed by atoms with Gasteiger partial charge in [0.25, 0.3) is 10.0 Å². The minimum absolute atomic E-state index is 0.0500. The third-order valence-corrected chi connectivity index (χ3v) is 6.45. The molecule has 1 amide bonds. The predicted molar refractivity (Wildman–Crippen MR) is 89.6 cm³/mol. The van der Waals surface area contributed by atoms with Crippen molar-refractivity contribution in [1.82, 2.24) is 18.8 Å². The molecule has 1 aliphatic carbocycles. The van der Waals surface area contributed by atoms with E-state index in [2.05, 4.69) is 17.1 Å². The van der Waals surface area contributed by atoms with Gasteiger partial charge in [-0.1, -0.05) is 12.2 Å². The minimum Gasteiger partial charge on any atom is -0.341 e. The van der Waals surface area contributed by atoms with Gasteiger partial charge < -0.3 is 9.47 Å². The van der Waals surface area contributed by atoms with E-state index in [1.165, 1.54) is 16.8 Å². The number of allylic oxidation sites excluding steroid dienone is 2. The first-order valence-electron chi connectivity index (χ1n) is 8.40. The lowest BCUT2D eigenvalue weighted by Crippen LogP contribution is -2.40. The first-order valence-corrected chi connectivity index (χ1v) is 9.84. The van der Waals surface area contributed by atoms with E-state index in [4.69, 9.17) is 0 Å². The molecule has 1 unspecified atom stereocenters. The number of hydrogen-bond donors (Lipinski definition) is 0.